The van der Waals surface area contributed by atoms with Crippen LogP contribution in [0.5, 0.6) is 0 Å². The van der Waals surface area contributed by atoms with Gasteiger partial charge >= 0.3 is 32.2 Å². The van der Waals surface area contributed by atoms with Crippen LogP contribution in [0, 0.1) is 0 Å². The van der Waals surface area contributed by atoms with Gasteiger partial charge in [0, 0.05) is 0 Å². The Morgan fingerprint density at radius 1 is 0.296 bits per heavy atom. The zero-order valence-corrected chi connectivity index (χ0v) is 37.0. The maximum absolute atomic E-state index is 12.2. The Bertz CT molecular complexity index is 974. The third-order valence-corrected chi connectivity index (χ3v) is 12.9. The van der Waals surface area contributed by atoms with Crippen LogP contribution in [0.4, 0.5) is 0 Å². The van der Waals surface area contributed by atoms with Crippen LogP contribution in [-0.4, -0.2) is 40.3 Å². The van der Waals surface area contributed by atoms with Crippen LogP contribution in [0.1, 0.15) is 258 Å². The first-order valence-electron chi connectivity index (χ1n) is 23.0. The van der Waals surface area contributed by atoms with Crippen molar-refractivity contribution >= 4 is 32.2 Å². The Kier molecular flexibility index (Phi) is 37.9. The van der Waals surface area contributed by atoms with Crippen LogP contribution in [0.3, 0.4) is 0 Å². The Morgan fingerprint density at radius 3 is 0.648 bits per heavy atom. The second kappa shape index (κ2) is 38.7. The fourth-order valence-electron chi connectivity index (χ4n) is 7.01. The molecule has 0 amide bonds. The van der Waals surface area contributed by atoms with E-state index in [-0.39, 0.29) is 11.5 Å². The molecule has 0 bridgehead atoms. The Labute approximate surface area is 335 Å². The lowest BCUT2D eigenvalue weighted by Gasteiger charge is -2.07. The molecular formula is C44H86O8S2. The van der Waals surface area contributed by atoms with E-state index in [9.17, 15) is 26.4 Å². The second-order valence-electron chi connectivity index (χ2n) is 16.0. The molecule has 8 nitrogen and oxygen atoms in total. The first kappa shape index (κ1) is 52.8. The van der Waals surface area contributed by atoms with Gasteiger partial charge in [-0.25, -0.2) is 0 Å². The summed E-state index contributed by atoms with van der Waals surface area (Å²) in [5.41, 5.74) is 0. The van der Waals surface area contributed by atoms with E-state index in [0.29, 0.717) is 12.8 Å². The van der Waals surface area contributed by atoms with Crippen LogP contribution in [-0.2, 0) is 38.2 Å². The predicted octanol–water partition coefficient (Wildman–Crippen LogP) is 13.6. The summed E-state index contributed by atoms with van der Waals surface area (Å²) in [5, 5.41) is 0. The second-order valence-corrected chi connectivity index (χ2v) is 19.3. The lowest BCUT2D eigenvalue weighted by atomic mass is 10.0. The van der Waals surface area contributed by atoms with Crippen molar-refractivity contribution in [3.63, 3.8) is 0 Å². The van der Waals surface area contributed by atoms with Gasteiger partial charge in [-0.2, -0.15) is 16.8 Å². The summed E-state index contributed by atoms with van der Waals surface area (Å²) in [5.74, 6) is -2.66. The third kappa shape index (κ3) is 40.5. The lowest BCUT2D eigenvalue weighted by molar-refractivity contribution is -0.140. The number of carbonyl (C=O) groups is 2. The normalized spacial score (nSPS) is 12.0. The predicted molar refractivity (Wildman–Crippen MR) is 227 cm³/mol. The highest BCUT2D eigenvalue weighted by Crippen LogP contribution is 2.17. The molecule has 322 valence electrons. The van der Waals surface area contributed by atoms with Gasteiger partial charge in [0.2, 0.25) is 0 Å². The summed E-state index contributed by atoms with van der Waals surface area (Å²) in [6, 6.07) is 0. The molecule has 0 aliphatic heterocycles. The summed E-state index contributed by atoms with van der Waals surface area (Å²) in [4.78, 5) is 24.0. The van der Waals surface area contributed by atoms with Crippen molar-refractivity contribution in [2.45, 2.75) is 258 Å². The topological polar surface area (TPSA) is 121 Å². The first-order chi connectivity index (χ1) is 26.1. The van der Waals surface area contributed by atoms with Gasteiger partial charge in [-0.15, -0.1) is 0 Å². The maximum Gasteiger partial charge on any atom is 0.322 e. The number of unbranched alkanes of at least 4 members (excludes halogenated alkanes) is 34. The van der Waals surface area contributed by atoms with E-state index in [2.05, 4.69) is 22.2 Å². The molecule has 0 atom stereocenters. The first-order valence-corrected chi connectivity index (χ1v) is 26.2. The highest BCUT2D eigenvalue weighted by atomic mass is 32.2. The summed E-state index contributed by atoms with van der Waals surface area (Å²) in [6.07, 6.45) is 42.5. The van der Waals surface area contributed by atoms with Gasteiger partial charge in [-0.3, -0.25) is 9.59 Å². The van der Waals surface area contributed by atoms with Crippen molar-refractivity contribution in [3.05, 3.63) is 0 Å². The number of carbonyl (C=O) groups excluding carboxylic acids is 2. The zero-order valence-electron chi connectivity index (χ0n) is 35.4. The Morgan fingerprint density at radius 2 is 0.463 bits per heavy atom. The zero-order chi connectivity index (χ0) is 39.9. The van der Waals surface area contributed by atoms with Gasteiger partial charge < -0.3 is 8.37 Å². The summed E-state index contributed by atoms with van der Waals surface area (Å²) in [6.45, 7) is 4.52. The van der Waals surface area contributed by atoms with Crippen molar-refractivity contribution in [3.8, 4) is 0 Å². The van der Waals surface area contributed by atoms with Gasteiger partial charge in [0.25, 0.3) is 0 Å². The van der Waals surface area contributed by atoms with E-state index in [1.165, 1.54) is 167 Å². The SMILES string of the molecule is CCCCCCCCCCCCCCCCCCCCS(=O)(=O)OC(=O)CCC(=O)OS(=O)(=O)CCCCCCCCCCCCCCCCCCCC. The van der Waals surface area contributed by atoms with Gasteiger partial charge in [0.1, 0.15) is 0 Å². The monoisotopic (exact) mass is 807 g/mol. The fraction of sp³-hybridized carbons (Fsp3) is 0.955. The molecule has 0 unspecified atom stereocenters. The number of rotatable bonds is 43. The fourth-order valence-corrected chi connectivity index (χ4v) is 9.03. The summed E-state index contributed by atoms with van der Waals surface area (Å²) in [7, 11) is -8.08. The smallest absolute Gasteiger partial charge is 0.322 e. The molecule has 54 heavy (non-hydrogen) atoms. The molecule has 10 heteroatoms. The van der Waals surface area contributed by atoms with E-state index in [4.69, 9.17) is 0 Å². The van der Waals surface area contributed by atoms with Crippen LogP contribution >= 0.6 is 0 Å². The Hall–Kier alpha value is -1.16. The van der Waals surface area contributed by atoms with Gasteiger partial charge in [0.15, 0.2) is 0 Å². The molecular weight excluding hydrogens is 721 g/mol. The number of hydrogen-bond acceptors (Lipinski definition) is 8. The highest BCUT2D eigenvalue weighted by molar-refractivity contribution is 7.87. The third-order valence-electron chi connectivity index (χ3n) is 10.5. The van der Waals surface area contributed by atoms with E-state index >= 15 is 0 Å². The average molecular weight is 807 g/mol. The van der Waals surface area contributed by atoms with Crippen LogP contribution in [0.2, 0.25) is 0 Å². The largest absolute Gasteiger partial charge is 0.346 e. The molecule has 0 saturated carbocycles. The molecule has 0 N–H and O–H groups in total. The molecule has 0 aliphatic rings. The molecule has 0 aromatic rings. The van der Waals surface area contributed by atoms with Crippen LogP contribution in [0.25, 0.3) is 0 Å². The molecule has 0 aromatic heterocycles. The molecule has 0 aromatic carbocycles. The minimum Gasteiger partial charge on any atom is -0.346 e. The molecule has 0 radical (unpaired) electrons. The minimum atomic E-state index is -4.04. The van der Waals surface area contributed by atoms with Crippen molar-refractivity contribution in [1.82, 2.24) is 0 Å². The summed E-state index contributed by atoms with van der Waals surface area (Å²) >= 11 is 0. The van der Waals surface area contributed by atoms with E-state index in [0.717, 1.165) is 51.4 Å². The molecule has 0 fully saturated rings. The van der Waals surface area contributed by atoms with Crippen molar-refractivity contribution in [1.29, 1.82) is 0 Å². The molecule has 0 spiro atoms. The lowest BCUT2D eigenvalue weighted by Crippen LogP contribution is -2.19. The van der Waals surface area contributed by atoms with Crippen LogP contribution < -0.4 is 0 Å². The van der Waals surface area contributed by atoms with Gasteiger partial charge in [-0.05, 0) is 12.8 Å². The average Bonchev–Trinajstić information content (AvgIpc) is 3.12. The Balaban J connectivity index is 3.67. The molecule has 0 saturated heterocycles. The molecule has 0 heterocycles. The van der Waals surface area contributed by atoms with Gasteiger partial charge in [0.05, 0.1) is 24.3 Å². The van der Waals surface area contributed by atoms with Gasteiger partial charge in [-0.1, -0.05) is 232 Å². The van der Waals surface area contributed by atoms with Crippen molar-refractivity contribution in [2.75, 3.05) is 11.5 Å². The summed E-state index contributed by atoms with van der Waals surface area (Å²) < 4.78 is 57.9. The number of hydrogen-bond donors (Lipinski definition) is 0. The maximum atomic E-state index is 12.2. The minimum absolute atomic E-state index is 0.254. The molecule has 0 aliphatic carbocycles. The van der Waals surface area contributed by atoms with E-state index in [1.807, 2.05) is 0 Å². The van der Waals surface area contributed by atoms with Crippen molar-refractivity contribution in [2.24, 2.45) is 0 Å². The quantitative estimate of drug-likeness (QED) is 0.0441. The highest BCUT2D eigenvalue weighted by Gasteiger charge is 2.21. The standard InChI is InChI=1S/C44H86O8S2/c1-3-5-7-9-11-13-15-17-19-21-23-25-27-29-31-33-35-37-41-53(47,48)51-43(45)39-40-44(46)52-54(49,50)42-38-36-34-32-30-28-26-24-22-20-18-16-14-12-10-8-6-4-2/h3-42H2,1-2H3. The van der Waals surface area contributed by atoms with Crippen molar-refractivity contribution < 1.29 is 34.8 Å². The van der Waals surface area contributed by atoms with E-state index in [1.54, 1.807) is 0 Å². The van der Waals surface area contributed by atoms with Crippen LogP contribution in [0.15, 0.2) is 0 Å². The molecule has 0 rings (SSSR count). The van der Waals surface area contributed by atoms with E-state index < -0.39 is 45.0 Å².